The first kappa shape index (κ1) is 13.2. The number of nitrogens with zero attached hydrogens (tertiary/aromatic N) is 3. The van der Waals surface area contributed by atoms with Crippen molar-refractivity contribution in [1.29, 1.82) is 0 Å². The largest absolute Gasteiger partial charge is 0.378 e. The van der Waals surface area contributed by atoms with E-state index >= 15 is 0 Å². The minimum Gasteiger partial charge on any atom is -0.378 e. The molecule has 21 heavy (non-hydrogen) atoms. The Morgan fingerprint density at radius 3 is 2.62 bits per heavy atom. The molecule has 0 unspecified atom stereocenters. The number of hydrogen-bond donors (Lipinski definition) is 1. The van der Waals surface area contributed by atoms with Gasteiger partial charge in [0.2, 0.25) is 0 Å². The quantitative estimate of drug-likeness (QED) is 0.766. The molecule has 0 saturated heterocycles. The Kier molecular flexibility index (Phi) is 2.94. The molecule has 1 aromatic carbocycles. The zero-order chi connectivity index (χ0) is 15.1. The van der Waals surface area contributed by atoms with E-state index in [-0.39, 0.29) is 11.1 Å². The Morgan fingerprint density at radius 2 is 1.90 bits per heavy atom. The summed E-state index contributed by atoms with van der Waals surface area (Å²) in [7, 11) is 5.53. The number of benzene rings is 1. The average molecular weight is 284 g/mol. The van der Waals surface area contributed by atoms with Gasteiger partial charge < -0.3 is 9.47 Å². The molecule has 1 N–H and O–H groups in total. The summed E-state index contributed by atoms with van der Waals surface area (Å²) in [6, 6.07) is 9.20. The number of nitrogens with one attached hydrogen (secondary N) is 1. The van der Waals surface area contributed by atoms with Crippen molar-refractivity contribution in [2.45, 2.75) is 0 Å². The molecule has 0 aliphatic heterocycles. The van der Waals surface area contributed by atoms with Crippen LogP contribution in [0.3, 0.4) is 0 Å². The summed E-state index contributed by atoms with van der Waals surface area (Å²) >= 11 is 0. The Balaban J connectivity index is 2.31. The average Bonchev–Trinajstić information content (AvgIpc) is 2.77. The number of aromatic nitrogens is 3. The molecule has 0 aliphatic carbocycles. The van der Waals surface area contributed by atoms with Gasteiger partial charge >= 0.3 is 0 Å². The molecule has 3 aromatic rings. The zero-order valence-corrected chi connectivity index (χ0v) is 12.1. The molecule has 6 heteroatoms. The number of H-pyrrole nitrogens is 1. The molecule has 0 bridgehead atoms. The maximum atomic E-state index is 12.1. The van der Waals surface area contributed by atoms with Crippen molar-refractivity contribution < 1.29 is 0 Å². The van der Waals surface area contributed by atoms with E-state index in [1.165, 1.54) is 10.6 Å². The van der Waals surface area contributed by atoms with E-state index in [1.54, 1.807) is 17.9 Å². The lowest BCUT2D eigenvalue weighted by molar-refractivity contribution is 0.864. The lowest BCUT2D eigenvalue weighted by atomic mass is 10.2. The number of aryl methyl sites for hydroxylation is 1. The van der Waals surface area contributed by atoms with Crippen LogP contribution in [0.25, 0.3) is 16.6 Å². The molecule has 3 rings (SSSR count). The van der Waals surface area contributed by atoms with Crippen molar-refractivity contribution in [3.05, 3.63) is 57.2 Å². The van der Waals surface area contributed by atoms with Gasteiger partial charge in [0.15, 0.2) is 0 Å². The highest BCUT2D eigenvalue weighted by Crippen LogP contribution is 2.19. The molecule has 2 aromatic heterocycles. The topological polar surface area (TPSA) is 63.0 Å². The van der Waals surface area contributed by atoms with Crippen molar-refractivity contribution in [2.75, 3.05) is 19.0 Å². The number of fused-ring (bicyclic) bond motifs is 1. The number of aromatic amines is 1. The first-order valence-electron chi connectivity index (χ1n) is 6.56. The molecule has 108 valence electrons. The molecule has 6 nitrogen and oxygen atoms in total. The molecule has 0 spiro atoms. The standard InChI is InChI=1S/C15H16N4O2/c1-17(2)10-5-4-6-11(7-10)19-13-8-14(20)18(3)9-12(13)15(21)16-19/h4-9H,1-3H3,(H,16,21). The summed E-state index contributed by atoms with van der Waals surface area (Å²) in [5.41, 5.74) is 2.04. The van der Waals surface area contributed by atoms with Gasteiger partial charge in [-0.05, 0) is 18.2 Å². The Hall–Kier alpha value is -2.76. The van der Waals surface area contributed by atoms with Crippen molar-refractivity contribution in [3.63, 3.8) is 0 Å². The summed E-state index contributed by atoms with van der Waals surface area (Å²) in [5.74, 6) is 0. The molecule has 0 saturated carbocycles. The van der Waals surface area contributed by atoms with Crippen LogP contribution in [0, 0.1) is 0 Å². The van der Waals surface area contributed by atoms with Gasteiger partial charge in [-0.25, -0.2) is 0 Å². The number of rotatable bonds is 2. The van der Waals surface area contributed by atoms with E-state index in [1.807, 2.05) is 43.3 Å². The molecule has 0 aliphatic rings. The predicted octanol–water partition coefficient (Wildman–Crippen LogP) is 1.08. The minimum atomic E-state index is -0.212. The Bertz CT molecular complexity index is 931. The van der Waals surface area contributed by atoms with Crippen LogP contribution in [0.1, 0.15) is 0 Å². The van der Waals surface area contributed by atoms with Gasteiger partial charge in [-0.3, -0.25) is 19.4 Å². The molecule has 0 fully saturated rings. The second-order valence-corrected chi connectivity index (χ2v) is 5.21. The molecule has 0 amide bonds. The maximum absolute atomic E-state index is 12.1. The van der Waals surface area contributed by atoms with Gasteiger partial charge in [-0.2, -0.15) is 0 Å². The van der Waals surface area contributed by atoms with Crippen LogP contribution in [0.2, 0.25) is 0 Å². The monoisotopic (exact) mass is 284 g/mol. The van der Waals surface area contributed by atoms with E-state index in [0.29, 0.717) is 10.9 Å². The fourth-order valence-electron chi connectivity index (χ4n) is 2.32. The van der Waals surface area contributed by atoms with E-state index in [0.717, 1.165) is 11.4 Å². The Morgan fingerprint density at radius 1 is 1.14 bits per heavy atom. The molecule has 0 atom stereocenters. The zero-order valence-electron chi connectivity index (χ0n) is 12.1. The smallest absolute Gasteiger partial charge is 0.273 e. The Labute approximate surface area is 120 Å². The van der Waals surface area contributed by atoms with Crippen LogP contribution in [-0.4, -0.2) is 28.4 Å². The van der Waals surface area contributed by atoms with Crippen LogP contribution in [0.5, 0.6) is 0 Å². The van der Waals surface area contributed by atoms with Gasteiger partial charge in [-0.1, -0.05) is 6.07 Å². The highest BCUT2D eigenvalue weighted by molar-refractivity contribution is 5.79. The fourth-order valence-corrected chi connectivity index (χ4v) is 2.32. The third-order valence-corrected chi connectivity index (χ3v) is 3.51. The van der Waals surface area contributed by atoms with Gasteiger partial charge in [0, 0.05) is 39.1 Å². The van der Waals surface area contributed by atoms with Crippen LogP contribution in [0.15, 0.2) is 46.1 Å². The van der Waals surface area contributed by atoms with Crippen LogP contribution < -0.4 is 16.0 Å². The fraction of sp³-hybridized carbons (Fsp3) is 0.200. The predicted molar refractivity (Wildman–Crippen MR) is 83.5 cm³/mol. The molecular weight excluding hydrogens is 268 g/mol. The van der Waals surface area contributed by atoms with Crippen LogP contribution in [-0.2, 0) is 7.05 Å². The first-order valence-corrected chi connectivity index (χ1v) is 6.56. The summed E-state index contributed by atoms with van der Waals surface area (Å²) in [5, 5.41) is 3.27. The number of hydrogen-bond acceptors (Lipinski definition) is 3. The van der Waals surface area contributed by atoms with Crippen molar-refractivity contribution in [2.24, 2.45) is 7.05 Å². The summed E-state index contributed by atoms with van der Waals surface area (Å²) in [6.45, 7) is 0. The van der Waals surface area contributed by atoms with Crippen molar-refractivity contribution >= 4 is 16.6 Å². The minimum absolute atomic E-state index is 0.154. The van der Waals surface area contributed by atoms with Gasteiger partial charge in [0.05, 0.1) is 16.6 Å². The normalized spacial score (nSPS) is 11.0. The third kappa shape index (κ3) is 2.14. The molecule has 0 radical (unpaired) electrons. The highest BCUT2D eigenvalue weighted by atomic mass is 16.1. The second-order valence-electron chi connectivity index (χ2n) is 5.21. The van der Waals surface area contributed by atoms with E-state index in [9.17, 15) is 9.59 Å². The maximum Gasteiger partial charge on any atom is 0.273 e. The SMILES string of the molecule is CN(C)c1cccc(-n2[nH]c(=O)c3cn(C)c(=O)cc32)c1. The van der Waals surface area contributed by atoms with Crippen LogP contribution >= 0.6 is 0 Å². The lowest BCUT2D eigenvalue weighted by Crippen LogP contribution is -2.15. The highest BCUT2D eigenvalue weighted by Gasteiger charge is 2.10. The van der Waals surface area contributed by atoms with E-state index in [2.05, 4.69) is 5.10 Å². The van der Waals surface area contributed by atoms with Crippen molar-refractivity contribution in [3.8, 4) is 5.69 Å². The third-order valence-electron chi connectivity index (χ3n) is 3.51. The molecular formula is C15H16N4O2. The molecule has 2 heterocycles. The number of pyridine rings is 1. The van der Waals surface area contributed by atoms with Gasteiger partial charge in [0.25, 0.3) is 11.1 Å². The first-order chi connectivity index (χ1) is 9.97. The van der Waals surface area contributed by atoms with Crippen LogP contribution in [0.4, 0.5) is 5.69 Å². The van der Waals surface area contributed by atoms with E-state index in [4.69, 9.17) is 0 Å². The summed E-state index contributed by atoms with van der Waals surface area (Å²) in [4.78, 5) is 25.9. The van der Waals surface area contributed by atoms with Crippen molar-refractivity contribution in [1.82, 2.24) is 14.3 Å². The number of anilines is 1. The van der Waals surface area contributed by atoms with E-state index < -0.39 is 0 Å². The lowest BCUT2D eigenvalue weighted by Gasteiger charge is -2.14. The summed E-state index contributed by atoms with van der Waals surface area (Å²) < 4.78 is 3.05. The summed E-state index contributed by atoms with van der Waals surface area (Å²) in [6.07, 6.45) is 1.56. The second kappa shape index (κ2) is 4.66. The van der Waals surface area contributed by atoms with Gasteiger partial charge in [0.1, 0.15) is 0 Å². The van der Waals surface area contributed by atoms with Gasteiger partial charge in [-0.15, -0.1) is 0 Å².